The van der Waals surface area contributed by atoms with Gasteiger partial charge in [0.25, 0.3) is 5.91 Å². The van der Waals surface area contributed by atoms with Gasteiger partial charge in [-0.25, -0.2) is 0 Å². The number of hydrogen-bond acceptors (Lipinski definition) is 3. The highest BCUT2D eigenvalue weighted by Gasteiger charge is 2.05. The second-order valence-electron chi connectivity index (χ2n) is 4.44. The van der Waals surface area contributed by atoms with Crippen molar-refractivity contribution in [2.75, 3.05) is 11.9 Å². The average molecular weight is 392 g/mol. The van der Waals surface area contributed by atoms with E-state index in [4.69, 9.17) is 10.00 Å². The van der Waals surface area contributed by atoms with Crippen LogP contribution >= 0.6 is 22.6 Å². The Bertz CT molecular complexity index is 690. The third kappa shape index (κ3) is 4.46. The molecule has 2 rings (SSSR count). The molecule has 0 aliphatic carbocycles. The van der Waals surface area contributed by atoms with Crippen molar-refractivity contribution in [1.29, 1.82) is 5.26 Å². The van der Waals surface area contributed by atoms with Crippen LogP contribution in [0.1, 0.15) is 11.1 Å². The number of nitrogens with one attached hydrogen (secondary N) is 1. The van der Waals surface area contributed by atoms with Crippen molar-refractivity contribution < 1.29 is 9.53 Å². The van der Waals surface area contributed by atoms with Crippen LogP contribution in [0.25, 0.3) is 0 Å². The van der Waals surface area contributed by atoms with Crippen molar-refractivity contribution in [3.8, 4) is 11.8 Å². The molecule has 0 atom stereocenters. The van der Waals surface area contributed by atoms with E-state index in [0.29, 0.717) is 11.3 Å². The Hall–Kier alpha value is -2.07. The number of benzene rings is 2. The number of hydrogen-bond donors (Lipinski definition) is 1. The van der Waals surface area contributed by atoms with Crippen molar-refractivity contribution in [1.82, 2.24) is 0 Å². The Labute approximate surface area is 136 Å². The first-order valence-corrected chi connectivity index (χ1v) is 7.35. The van der Waals surface area contributed by atoms with Gasteiger partial charge < -0.3 is 10.1 Å². The first-order valence-electron chi connectivity index (χ1n) is 6.27. The van der Waals surface area contributed by atoms with Crippen LogP contribution in [0.3, 0.4) is 0 Å². The van der Waals surface area contributed by atoms with Crippen LogP contribution in [-0.4, -0.2) is 12.5 Å². The Morgan fingerprint density at radius 3 is 2.62 bits per heavy atom. The number of ether oxygens (including phenoxy) is 1. The molecule has 2 aromatic rings. The lowest BCUT2D eigenvalue weighted by Gasteiger charge is -2.08. The summed E-state index contributed by atoms with van der Waals surface area (Å²) in [5, 5.41) is 11.5. The molecule has 0 saturated heterocycles. The number of aryl methyl sites for hydroxylation is 1. The van der Waals surface area contributed by atoms with E-state index < -0.39 is 0 Å². The van der Waals surface area contributed by atoms with Crippen LogP contribution in [0.4, 0.5) is 5.69 Å². The van der Waals surface area contributed by atoms with E-state index in [1.54, 1.807) is 24.3 Å². The lowest BCUT2D eigenvalue weighted by molar-refractivity contribution is -0.118. The lowest BCUT2D eigenvalue weighted by Crippen LogP contribution is -2.20. The second kappa shape index (κ2) is 7.09. The molecule has 1 amide bonds. The zero-order valence-electron chi connectivity index (χ0n) is 11.4. The van der Waals surface area contributed by atoms with Crippen LogP contribution in [0, 0.1) is 21.8 Å². The molecule has 0 unspecified atom stereocenters. The Morgan fingerprint density at radius 1 is 1.29 bits per heavy atom. The van der Waals surface area contributed by atoms with E-state index in [1.165, 1.54) is 5.56 Å². The molecule has 1 N–H and O–H groups in total. The topological polar surface area (TPSA) is 62.1 Å². The van der Waals surface area contributed by atoms with Gasteiger partial charge in [-0.1, -0.05) is 6.07 Å². The van der Waals surface area contributed by atoms with Gasteiger partial charge in [0.2, 0.25) is 0 Å². The van der Waals surface area contributed by atoms with Crippen LogP contribution in [-0.2, 0) is 4.79 Å². The van der Waals surface area contributed by atoms with Crippen LogP contribution in [0.2, 0.25) is 0 Å². The molecule has 0 bridgehead atoms. The Balaban J connectivity index is 1.89. The van der Waals surface area contributed by atoms with Gasteiger partial charge in [0.05, 0.1) is 11.6 Å². The van der Waals surface area contributed by atoms with Gasteiger partial charge in [0.15, 0.2) is 6.61 Å². The normalized spacial score (nSPS) is 9.76. The minimum atomic E-state index is -0.223. The molecule has 0 fully saturated rings. The number of carbonyl (C=O) groups is 1. The minimum Gasteiger partial charge on any atom is -0.484 e. The molecule has 0 radical (unpaired) electrons. The molecule has 0 aliphatic rings. The molecule has 2 aromatic carbocycles. The highest BCUT2D eigenvalue weighted by Crippen LogP contribution is 2.17. The summed E-state index contributed by atoms with van der Waals surface area (Å²) in [6.07, 6.45) is 0. The zero-order valence-corrected chi connectivity index (χ0v) is 13.5. The molecule has 0 saturated carbocycles. The first-order chi connectivity index (χ1) is 10.1. The Morgan fingerprint density at radius 2 is 2.00 bits per heavy atom. The predicted molar refractivity (Wildman–Crippen MR) is 89.2 cm³/mol. The van der Waals surface area contributed by atoms with E-state index in [0.717, 1.165) is 9.26 Å². The number of halogens is 1. The van der Waals surface area contributed by atoms with Crippen molar-refractivity contribution in [3.05, 3.63) is 57.2 Å². The van der Waals surface area contributed by atoms with Crippen molar-refractivity contribution in [2.24, 2.45) is 0 Å². The number of anilines is 1. The summed E-state index contributed by atoms with van der Waals surface area (Å²) in [4.78, 5) is 11.8. The van der Waals surface area contributed by atoms with E-state index in [9.17, 15) is 4.79 Å². The van der Waals surface area contributed by atoms with E-state index in [1.807, 2.05) is 31.2 Å². The maximum absolute atomic E-state index is 11.8. The summed E-state index contributed by atoms with van der Waals surface area (Å²) in [5.41, 5.74) is 2.47. The maximum Gasteiger partial charge on any atom is 0.262 e. The Kier molecular flexibility index (Phi) is 5.17. The maximum atomic E-state index is 11.8. The summed E-state index contributed by atoms with van der Waals surface area (Å²) in [6, 6.07) is 14.4. The minimum absolute atomic E-state index is 0.0731. The molecule has 106 valence electrons. The fraction of sp³-hybridized carbons (Fsp3) is 0.125. The van der Waals surface area contributed by atoms with Crippen LogP contribution < -0.4 is 10.1 Å². The van der Waals surface area contributed by atoms with Gasteiger partial charge in [0, 0.05) is 9.26 Å². The highest BCUT2D eigenvalue weighted by atomic mass is 127. The summed E-state index contributed by atoms with van der Waals surface area (Å²) in [7, 11) is 0. The van der Waals surface area contributed by atoms with E-state index in [-0.39, 0.29) is 12.5 Å². The summed E-state index contributed by atoms with van der Waals surface area (Å²) in [5.74, 6) is 0.335. The number of rotatable bonds is 4. The zero-order chi connectivity index (χ0) is 15.2. The van der Waals surface area contributed by atoms with Crippen molar-refractivity contribution in [2.45, 2.75) is 6.92 Å². The molecule has 21 heavy (non-hydrogen) atoms. The van der Waals surface area contributed by atoms with Gasteiger partial charge in [-0.2, -0.15) is 5.26 Å². The molecule has 0 aliphatic heterocycles. The molecule has 5 heteroatoms. The van der Waals surface area contributed by atoms with Crippen molar-refractivity contribution >= 4 is 34.2 Å². The monoisotopic (exact) mass is 392 g/mol. The molecule has 4 nitrogen and oxygen atoms in total. The van der Waals surface area contributed by atoms with E-state index >= 15 is 0 Å². The summed E-state index contributed by atoms with van der Waals surface area (Å²) >= 11 is 2.23. The predicted octanol–water partition coefficient (Wildman–Crippen LogP) is 3.49. The van der Waals surface area contributed by atoms with Gasteiger partial charge in [-0.3, -0.25) is 4.79 Å². The lowest BCUT2D eigenvalue weighted by atomic mass is 10.2. The molecule has 0 spiro atoms. The quantitative estimate of drug-likeness (QED) is 0.811. The fourth-order valence-corrected chi connectivity index (χ4v) is 2.16. The summed E-state index contributed by atoms with van der Waals surface area (Å²) < 4.78 is 6.47. The SMILES string of the molecule is Cc1ccc(NC(=O)COc2ccc(C#N)cc2)cc1I. The smallest absolute Gasteiger partial charge is 0.262 e. The van der Waals surface area contributed by atoms with Crippen LogP contribution in [0.15, 0.2) is 42.5 Å². The third-order valence-electron chi connectivity index (χ3n) is 2.81. The van der Waals surface area contributed by atoms with Gasteiger partial charge in [-0.05, 0) is 71.5 Å². The van der Waals surface area contributed by atoms with E-state index in [2.05, 4.69) is 27.9 Å². The van der Waals surface area contributed by atoms with Crippen LogP contribution in [0.5, 0.6) is 5.75 Å². The summed E-state index contributed by atoms with van der Waals surface area (Å²) in [6.45, 7) is 1.94. The van der Waals surface area contributed by atoms with Gasteiger partial charge in [-0.15, -0.1) is 0 Å². The number of carbonyl (C=O) groups excluding carboxylic acids is 1. The second-order valence-corrected chi connectivity index (χ2v) is 5.60. The molecule has 0 heterocycles. The van der Waals surface area contributed by atoms with Gasteiger partial charge in [0.1, 0.15) is 5.75 Å². The third-order valence-corrected chi connectivity index (χ3v) is 3.97. The average Bonchev–Trinajstić information content (AvgIpc) is 2.49. The largest absolute Gasteiger partial charge is 0.484 e. The standard InChI is InChI=1S/C16H13IN2O2/c1-11-2-5-13(8-15(11)17)19-16(20)10-21-14-6-3-12(9-18)4-7-14/h2-8H,10H2,1H3,(H,19,20). The first kappa shape index (κ1) is 15.3. The molecule has 0 aromatic heterocycles. The fourth-order valence-electron chi connectivity index (χ4n) is 1.64. The number of nitrogens with zero attached hydrogens (tertiary/aromatic N) is 1. The van der Waals surface area contributed by atoms with Crippen molar-refractivity contribution in [3.63, 3.8) is 0 Å². The number of nitriles is 1. The molecular weight excluding hydrogens is 379 g/mol. The number of amides is 1. The highest BCUT2D eigenvalue weighted by molar-refractivity contribution is 14.1. The van der Waals surface area contributed by atoms with Gasteiger partial charge >= 0.3 is 0 Å². The molecular formula is C16H13IN2O2.